The molecule has 0 spiro atoms. The molecule has 3 heterocycles. The van der Waals surface area contributed by atoms with Gasteiger partial charge in [0.1, 0.15) is 11.5 Å². The molecule has 1 aromatic carbocycles. The first kappa shape index (κ1) is 15.4. The van der Waals surface area contributed by atoms with E-state index in [0.29, 0.717) is 0 Å². The summed E-state index contributed by atoms with van der Waals surface area (Å²) in [6, 6.07) is 13.9. The number of rotatable bonds is 3. The van der Waals surface area contributed by atoms with Gasteiger partial charge in [-0.1, -0.05) is 24.6 Å². The molecule has 2 unspecified atom stereocenters. The van der Waals surface area contributed by atoms with E-state index in [9.17, 15) is 5.11 Å². The first-order valence-corrected chi connectivity index (χ1v) is 8.60. The lowest BCUT2D eigenvalue weighted by atomic mass is 9.92. The molecule has 1 fully saturated rings. The van der Waals surface area contributed by atoms with Gasteiger partial charge in [0.25, 0.3) is 0 Å². The van der Waals surface area contributed by atoms with Gasteiger partial charge in [-0.15, -0.1) is 0 Å². The Morgan fingerprint density at radius 1 is 1.21 bits per heavy atom. The zero-order valence-electron chi connectivity index (χ0n) is 13.8. The van der Waals surface area contributed by atoms with Gasteiger partial charge in [-0.25, -0.2) is 4.98 Å². The Morgan fingerprint density at radius 3 is 2.83 bits per heavy atom. The Balaban J connectivity index is 1.82. The van der Waals surface area contributed by atoms with E-state index in [-0.39, 0.29) is 6.04 Å². The number of pyridine rings is 1. The molecule has 2 aromatic heterocycles. The van der Waals surface area contributed by atoms with Crippen LogP contribution in [-0.4, -0.2) is 22.7 Å². The smallest absolute Gasteiger partial charge is 0.152 e. The number of nitrogens with zero attached hydrogens (tertiary/aromatic N) is 1. The van der Waals surface area contributed by atoms with E-state index >= 15 is 0 Å². The van der Waals surface area contributed by atoms with Gasteiger partial charge in [-0.05, 0) is 56.1 Å². The largest absolute Gasteiger partial charge is 0.460 e. The van der Waals surface area contributed by atoms with E-state index in [1.807, 2.05) is 49.4 Å². The molecule has 2 atom stereocenters. The van der Waals surface area contributed by atoms with Gasteiger partial charge in [0.2, 0.25) is 0 Å². The van der Waals surface area contributed by atoms with Crippen molar-refractivity contribution in [2.24, 2.45) is 0 Å². The number of aliphatic hydroxyl groups is 1. The SMILES string of the molecule is Cc1ccc(-c2cc(C(O)C3CCCCN3)c3ccccc3n2)o1. The van der Waals surface area contributed by atoms with Crippen LogP contribution in [0.15, 0.2) is 46.9 Å². The fraction of sp³-hybridized carbons (Fsp3) is 0.350. The highest BCUT2D eigenvalue weighted by molar-refractivity contribution is 5.85. The van der Waals surface area contributed by atoms with Crippen molar-refractivity contribution < 1.29 is 9.52 Å². The third-order valence-electron chi connectivity index (χ3n) is 4.79. The maximum absolute atomic E-state index is 11.0. The van der Waals surface area contributed by atoms with Crippen molar-refractivity contribution in [3.8, 4) is 11.5 Å². The number of nitrogens with one attached hydrogen (secondary N) is 1. The van der Waals surface area contributed by atoms with Crippen molar-refractivity contribution in [3.05, 3.63) is 53.8 Å². The number of furan rings is 1. The summed E-state index contributed by atoms with van der Waals surface area (Å²) in [5.74, 6) is 1.60. The molecule has 1 aliphatic rings. The average molecular weight is 322 g/mol. The second-order valence-electron chi connectivity index (χ2n) is 6.53. The average Bonchev–Trinajstić information content (AvgIpc) is 3.07. The van der Waals surface area contributed by atoms with Crippen molar-refractivity contribution >= 4 is 10.9 Å². The highest BCUT2D eigenvalue weighted by atomic mass is 16.3. The summed E-state index contributed by atoms with van der Waals surface area (Å²) in [5, 5.41) is 15.5. The molecule has 4 heteroatoms. The fourth-order valence-corrected chi connectivity index (χ4v) is 3.51. The van der Waals surface area contributed by atoms with Crippen LogP contribution in [0.5, 0.6) is 0 Å². The van der Waals surface area contributed by atoms with Crippen LogP contribution in [0.25, 0.3) is 22.4 Å². The fourth-order valence-electron chi connectivity index (χ4n) is 3.51. The third kappa shape index (κ3) is 2.83. The van der Waals surface area contributed by atoms with E-state index in [1.54, 1.807) is 0 Å². The number of hydrogen-bond donors (Lipinski definition) is 2. The zero-order valence-corrected chi connectivity index (χ0v) is 13.8. The second kappa shape index (κ2) is 6.38. The molecule has 2 N–H and O–H groups in total. The number of para-hydroxylation sites is 1. The van der Waals surface area contributed by atoms with Crippen LogP contribution in [-0.2, 0) is 0 Å². The minimum Gasteiger partial charge on any atom is -0.460 e. The molecule has 0 amide bonds. The second-order valence-corrected chi connectivity index (χ2v) is 6.53. The standard InChI is InChI=1S/C20H22N2O2/c1-13-9-10-19(24-13)18-12-15(14-6-2-3-7-16(14)22-18)20(23)17-8-4-5-11-21-17/h2-3,6-7,9-10,12,17,20-21,23H,4-5,8,11H2,1H3. The van der Waals surface area contributed by atoms with E-state index in [4.69, 9.17) is 9.40 Å². The Labute approximate surface area is 141 Å². The van der Waals surface area contributed by atoms with Crippen LogP contribution in [0.3, 0.4) is 0 Å². The minimum atomic E-state index is -0.548. The third-order valence-corrected chi connectivity index (χ3v) is 4.79. The number of aromatic nitrogens is 1. The number of fused-ring (bicyclic) bond motifs is 1. The van der Waals surface area contributed by atoms with Gasteiger partial charge in [-0.3, -0.25) is 0 Å². The van der Waals surface area contributed by atoms with Crippen molar-refractivity contribution in [1.82, 2.24) is 10.3 Å². The van der Waals surface area contributed by atoms with Crippen molar-refractivity contribution in [3.63, 3.8) is 0 Å². The molecule has 1 aliphatic heterocycles. The summed E-state index contributed by atoms with van der Waals surface area (Å²) in [5.41, 5.74) is 2.57. The van der Waals surface area contributed by atoms with Gasteiger partial charge in [-0.2, -0.15) is 0 Å². The lowest BCUT2D eigenvalue weighted by Crippen LogP contribution is -2.38. The van der Waals surface area contributed by atoms with E-state index in [0.717, 1.165) is 53.1 Å². The molecule has 24 heavy (non-hydrogen) atoms. The van der Waals surface area contributed by atoms with Crippen LogP contribution in [0.2, 0.25) is 0 Å². The van der Waals surface area contributed by atoms with Crippen LogP contribution in [0.1, 0.15) is 36.7 Å². The van der Waals surface area contributed by atoms with Gasteiger partial charge in [0.05, 0.1) is 11.6 Å². The maximum Gasteiger partial charge on any atom is 0.152 e. The summed E-state index contributed by atoms with van der Waals surface area (Å²) in [7, 11) is 0. The van der Waals surface area contributed by atoms with Gasteiger partial charge < -0.3 is 14.8 Å². The Bertz CT molecular complexity index is 850. The van der Waals surface area contributed by atoms with Gasteiger partial charge >= 0.3 is 0 Å². The molecule has 0 bridgehead atoms. The molecule has 0 radical (unpaired) electrons. The van der Waals surface area contributed by atoms with E-state index in [1.165, 1.54) is 6.42 Å². The quantitative estimate of drug-likeness (QED) is 0.766. The lowest BCUT2D eigenvalue weighted by Gasteiger charge is -2.29. The topological polar surface area (TPSA) is 58.3 Å². The van der Waals surface area contributed by atoms with Crippen molar-refractivity contribution in [2.45, 2.75) is 38.3 Å². The summed E-state index contributed by atoms with van der Waals surface area (Å²) < 4.78 is 5.74. The first-order valence-electron chi connectivity index (χ1n) is 8.60. The van der Waals surface area contributed by atoms with Crippen LogP contribution < -0.4 is 5.32 Å². The predicted molar refractivity (Wildman–Crippen MR) is 94.8 cm³/mol. The van der Waals surface area contributed by atoms with Gasteiger partial charge in [0.15, 0.2) is 5.76 Å². The van der Waals surface area contributed by atoms with Crippen LogP contribution in [0, 0.1) is 6.92 Å². The van der Waals surface area contributed by atoms with Crippen LogP contribution in [0.4, 0.5) is 0 Å². The highest BCUT2D eigenvalue weighted by Crippen LogP contribution is 2.32. The van der Waals surface area contributed by atoms with Gasteiger partial charge in [0, 0.05) is 11.4 Å². The molecular weight excluding hydrogens is 300 g/mol. The number of hydrogen-bond acceptors (Lipinski definition) is 4. The zero-order chi connectivity index (χ0) is 16.5. The van der Waals surface area contributed by atoms with Crippen molar-refractivity contribution in [1.29, 1.82) is 0 Å². The Kier molecular flexibility index (Phi) is 4.08. The molecule has 4 rings (SSSR count). The van der Waals surface area contributed by atoms with Crippen molar-refractivity contribution in [2.75, 3.05) is 6.54 Å². The Hall–Kier alpha value is -2.17. The normalized spacial score (nSPS) is 19.5. The monoisotopic (exact) mass is 322 g/mol. The maximum atomic E-state index is 11.0. The summed E-state index contributed by atoms with van der Waals surface area (Å²) >= 11 is 0. The molecule has 0 saturated carbocycles. The molecule has 4 nitrogen and oxygen atoms in total. The summed E-state index contributed by atoms with van der Waals surface area (Å²) in [6.45, 7) is 2.89. The lowest BCUT2D eigenvalue weighted by molar-refractivity contribution is 0.115. The first-order chi connectivity index (χ1) is 11.7. The molecule has 1 saturated heterocycles. The summed E-state index contributed by atoms with van der Waals surface area (Å²) in [6.07, 6.45) is 2.78. The molecule has 124 valence electrons. The van der Waals surface area contributed by atoms with E-state index < -0.39 is 6.10 Å². The summed E-state index contributed by atoms with van der Waals surface area (Å²) in [4.78, 5) is 4.72. The van der Waals surface area contributed by atoms with Crippen LogP contribution >= 0.6 is 0 Å². The molecule has 3 aromatic rings. The number of piperidine rings is 1. The minimum absolute atomic E-state index is 0.0933. The van der Waals surface area contributed by atoms with E-state index in [2.05, 4.69) is 5.32 Å². The molecular formula is C20H22N2O2. The number of aryl methyl sites for hydroxylation is 1. The number of aliphatic hydroxyl groups excluding tert-OH is 1. The predicted octanol–water partition coefficient (Wildman–Crippen LogP) is 3.98. The number of benzene rings is 1. The highest BCUT2D eigenvalue weighted by Gasteiger charge is 2.25. The Morgan fingerprint density at radius 2 is 2.08 bits per heavy atom. The molecule has 0 aliphatic carbocycles.